The van der Waals surface area contributed by atoms with E-state index in [1.54, 1.807) is 17.4 Å². The highest BCUT2D eigenvalue weighted by Gasteiger charge is 2.51. The van der Waals surface area contributed by atoms with Crippen LogP contribution in [0.3, 0.4) is 0 Å². The maximum atomic E-state index is 14.1. The average molecular weight is 494 g/mol. The molecule has 4 heterocycles. The number of ether oxygens (including phenoxy) is 4. The zero-order chi connectivity index (χ0) is 24.6. The number of nitrogens with zero attached hydrogens (tertiary/aromatic N) is 1. The summed E-state index contributed by atoms with van der Waals surface area (Å²) in [6.07, 6.45) is 1.79. The van der Waals surface area contributed by atoms with Crippen molar-refractivity contribution >= 4 is 11.3 Å². The highest BCUT2D eigenvalue weighted by Crippen LogP contribution is 2.38. The molecule has 3 aliphatic heterocycles. The molecule has 3 saturated heterocycles. The van der Waals surface area contributed by atoms with Crippen molar-refractivity contribution in [3.63, 3.8) is 0 Å². The number of thiophene rings is 1. The minimum Gasteiger partial charge on any atom is -0.485 e. The van der Waals surface area contributed by atoms with Crippen molar-refractivity contribution in [3.8, 4) is 22.3 Å². The summed E-state index contributed by atoms with van der Waals surface area (Å²) >= 11 is 1.67. The lowest BCUT2D eigenvalue weighted by atomic mass is 9.92. The van der Waals surface area contributed by atoms with Crippen molar-refractivity contribution in [1.82, 2.24) is 0 Å². The quantitative estimate of drug-likeness (QED) is 0.407. The molecule has 0 spiro atoms. The van der Waals surface area contributed by atoms with Crippen molar-refractivity contribution in [2.24, 2.45) is 5.41 Å². The third-order valence-corrected chi connectivity index (χ3v) is 7.95. The summed E-state index contributed by atoms with van der Waals surface area (Å²) < 4.78 is 37.5. The predicted molar refractivity (Wildman–Crippen MR) is 132 cm³/mol. The minimum absolute atomic E-state index is 0.0674. The van der Waals surface area contributed by atoms with Crippen molar-refractivity contribution < 1.29 is 23.3 Å². The lowest BCUT2D eigenvalue weighted by molar-refractivity contribution is -0.470. The Kier molecular flexibility index (Phi) is 6.41. The monoisotopic (exact) mass is 493 g/mol. The molecule has 0 amide bonds. The summed E-state index contributed by atoms with van der Waals surface area (Å²) in [4.78, 5) is 2.28. The summed E-state index contributed by atoms with van der Waals surface area (Å²) in [5.74, 6) is -0.796. The Hall–Kier alpha value is -2.76. The van der Waals surface area contributed by atoms with Crippen LogP contribution in [0, 0.1) is 36.4 Å². The van der Waals surface area contributed by atoms with Crippen molar-refractivity contribution in [3.05, 3.63) is 75.4 Å². The van der Waals surface area contributed by atoms with E-state index in [1.807, 2.05) is 19.1 Å². The number of benzene rings is 2. The molecular formula is C28H28FNO4S. The largest absolute Gasteiger partial charge is 0.485 e. The van der Waals surface area contributed by atoms with E-state index in [9.17, 15) is 4.39 Å². The number of hydrogen-bond donors (Lipinski definition) is 0. The second kappa shape index (κ2) is 9.36. The van der Waals surface area contributed by atoms with Crippen LogP contribution in [0.25, 0.3) is 10.4 Å². The van der Waals surface area contributed by atoms with Crippen LogP contribution in [-0.4, -0.2) is 32.4 Å². The van der Waals surface area contributed by atoms with E-state index in [2.05, 4.69) is 32.0 Å². The summed E-state index contributed by atoms with van der Waals surface area (Å²) in [6.45, 7) is 8.23. The van der Waals surface area contributed by atoms with Crippen LogP contribution >= 0.6 is 11.3 Å². The van der Waals surface area contributed by atoms with Gasteiger partial charge in [-0.3, -0.25) is 0 Å². The molecule has 0 N–H and O–H groups in total. The van der Waals surface area contributed by atoms with Gasteiger partial charge in [-0.15, -0.1) is 11.3 Å². The number of fused-ring (bicyclic) bond motifs is 3. The molecule has 5 nitrogen and oxygen atoms in total. The molecule has 0 unspecified atom stereocenters. The van der Waals surface area contributed by atoms with E-state index in [4.69, 9.17) is 24.2 Å². The molecule has 0 atom stereocenters. The van der Waals surface area contributed by atoms with Crippen LogP contribution in [0.5, 0.6) is 5.75 Å². The number of nitriles is 1. The van der Waals surface area contributed by atoms with Gasteiger partial charge in [0.1, 0.15) is 17.6 Å². The van der Waals surface area contributed by atoms with Crippen LogP contribution in [-0.2, 0) is 27.1 Å². The average Bonchev–Trinajstić information content (AvgIpc) is 3.23. The summed E-state index contributed by atoms with van der Waals surface area (Å²) in [5, 5.41) is 8.95. The van der Waals surface area contributed by atoms with Gasteiger partial charge in [0.25, 0.3) is 0 Å². The molecule has 2 bridgehead atoms. The lowest BCUT2D eigenvalue weighted by Gasteiger charge is -2.49. The first kappa shape index (κ1) is 24.0. The molecule has 2 aromatic carbocycles. The first-order valence-corrected chi connectivity index (χ1v) is 12.5. The minimum atomic E-state index is -1.10. The number of aryl methyl sites for hydroxylation is 4. The first-order valence-electron chi connectivity index (χ1n) is 11.7. The predicted octanol–water partition coefficient (Wildman–Crippen LogP) is 5.94. The Morgan fingerprint density at radius 2 is 1.74 bits per heavy atom. The zero-order valence-corrected chi connectivity index (χ0v) is 21.0. The van der Waals surface area contributed by atoms with Gasteiger partial charge < -0.3 is 18.9 Å². The molecule has 3 aliphatic rings. The third kappa shape index (κ3) is 4.98. The van der Waals surface area contributed by atoms with Gasteiger partial charge in [0.05, 0.1) is 25.4 Å². The SMILES string of the molecule is Cc1cc(CCc2sc(-c3ccc(C#N)c(F)c3)cc2C)ccc1OCC12OCC(C)(CO1)CO2. The highest BCUT2D eigenvalue weighted by atomic mass is 32.1. The van der Waals surface area contributed by atoms with Crippen LogP contribution in [0.15, 0.2) is 42.5 Å². The number of rotatable bonds is 7. The summed E-state index contributed by atoms with van der Waals surface area (Å²) in [5.41, 5.74) is 4.27. The Balaban J connectivity index is 1.20. The number of halogens is 1. The van der Waals surface area contributed by atoms with E-state index in [0.29, 0.717) is 19.8 Å². The third-order valence-electron chi connectivity index (χ3n) is 6.60. The Labute approximate surface area is 209 Å². The normalized spacial score (nSPS) is 23.3. The maximum Gasteiger partial charge on any atom is 0.319 e. The maximum absolute atomic E-state index is 14.1. The van der Waals surface area contributed by atoms with Crippen molar-refractivity contribution in [2.45, 2.75) is 39.6 Å². The molecule has 3 fully saturated rings. The van der Waals surface area contributed by atoms with Crippen LogP contribution in [0.2, 0.25) is 0 Å². The van der Waals surface area contributed by atoms with Gasteiger partial charge in [0.15, 0.2) is 6.61 Å². The molecule has 6 rings (SSSR count). The fourth-order valence-corrected chi connectivity index (χ4v) is 5.52. The van der Waals surface area contributed by atoms with E-state index < -0.39 is 11.8 Å². The summed E-state index contributed by atoms with van der Waals surface area (Å²) in [7, 11) is 0. The highest BCUT2D eigenvalue weighted by molar-refractivity contribution is 7.15. The van der Waals surface area contributed by atoms with Gasteiger partial charge in [-0.05, 0) is 73.2 Å². The van der Waals surface area contributed by atoms with Crippen LogP contribution in [0.1, 0.15) is 34.1 Å². The summed E-state index contributed by atoms with van der Waals surface area (Å²) in [6, 6.07) is 15.0. The molecule has 35 heavy (non-hydrogen) atoms. The topological polar surface area (TPSA) is 60.7 Å². The van der Waals surface area contributed by atoms with E-state index in [0.717, 1.165) is 34.6 Å². The van der Waals surface area contributed by atoms with Crippen LogP contribution < -0.4 is 4.74 Å². The molecule has 1 aromatic heterocycles. The number of hydrogen-bond acceptors (Lipinski definition) is 6. The first-order chi connectivity index (χ1) is 16.8. The van der Waals surface area contributed by atoms with Crippen LogP contribution in [0.4, 0.5) is 4.39 Å². The van der Waals surface area contributed by atoms with E-state index in [-0.39, 0.29) is 17.6 Å². The fraction of sp³-hybridized carbons (Fsp3) is 0.393. The second-order valence-corrected chi connectivity index (χ2v) is 10.9. The Morgan fingerprint density at radius 1 is 1.00 bits per heavy atom. The standard InChI is InChI=1S/C28H28FNO4S/c1-18-10-20(4-8-24(18)31-17-28-32-14-27(3,15-33-28)16-34-28)5-9-25-19(2)11-26(35-25)21-6-7-22(13-30)23(29)12-21/h4,6-8,10-12H,5,9,14-17H2,1-3H3. The second-order valence-electron chi connectivity index (χ2n) is 9.77. The van der Waals surface area contributed by atoms with Gasteiger partial charge in [-0.1, -0.05) is 25.1 Å². The molecule has 0 aliphatic carbocycles. The van der Waals surface area contributed by atoms with Gasteiger partial charge >= 0.3 is 5.97 Å². The molecule has 0 radical (unpaired) electrons. The van der Waals surface area contributed by atoms with Gasteiger partial charge in [-0.2, -0.15) is 5.26 Å². The smallest absolute Gasteiger partial charge is 0.319 e. The molecule has 182 valence electrons. The zero-order valence-electron chi connectivity index (χ0n) is 20.2. The van der Waals surface area contributed by atoms with Crippen molar-refractivity contribution in [1.29, 1.82) is 5.26 Å². The fourth-order valence-electron chi connectivity index (χ4n) is 4.35. The Morgan fingerprint density at radius 3 is 2.40 bits per heavy atom. The van der Waals surface area contributed by atoms with E-state index >= 15 is 0 Å². The Bertz CT molecular complexity index is 1270. The molecule has 0 saturated carbocycles. The van der Waals surface area contributed by atoms with Crippen molar-refractivity contribution in [2.75, 3.05) is 26.4 Å². The molecule has 3 aromatic rings. The van der Waals surface area contributed by atoms with Gasteiger partial charge in [0, 0.05) is 15.2 Å². The lowest BCUT2D eigenvalue weighted by Crippen LogP contribution is -2.61. The van der Waals surface area contributed by atoms with Gasteiger partial charge in [0.2, 0.25) is 0 Å². The van der Waals surface area contributed by atoms with Gasteiger partial charge in [-0.25, -0.2) is 4.39 Å². The molecule has 7 heteroatoms. The molecular weight excluding hydrogens is 465 g/mol. The van der Waals surface area contributed by atoms with E-state index in [1.165, 1.54) is 28.1 Å².